The monoisotopic (exact) mass is 377 g/mol. The number of nitrogens with one attached hydrogen (secondary N) is 2. The summed E-state index contributed by atoms with van der Waals surface area (Å²) in [6.07, 6.45) is 8.46. The van der Waals surface area contributed by atoms with Gasteiger partial charge in [-0.15, -0.1) is 0 Å². The highest BCUT2D eigenvalue weighted by atomic mass is 32.2. The molecule has 0 bridgehead atoms. The van der Waals surface area contributed by atoms with Crippen molar-refractivity contribution in [3.05, 3.63) is 24.4 Å². The number of aromatic nitrogens is 1. The van der Waals surface area contributed by atoms with Crippen molar-refractivity contribution >= 4 is 23.5 Å². The Balaban J connectivity index is 1.45. The number of rotatable bonds is 5. The zero-order chi connectivity index (χ0) is 18.2. The van der Waals surface area contributed by atoms with Gasteiger partial charge in [-0.2, -0.15) is 11.8 Å². The normalized spacial score (nSPS) is 21.5. The Hall–Kier alpha value is -1.47. The van der Waals surface area contributed by atoms with Crippen molar-refractivity contribution in [3.63, 3.8) is 0 Å². The second-order valence-electron chi connectivity index (χ2n) is 7.02. The lowest BCUT2D eigenvalue weighted by Crippen LogP contribution is -2.52. The van der Waals surface area contributed by atoms with Crippen LogP contribution < -0.4 is 15.5 Å². The number of piperidine rings is 1. The smallest absolute Gasteiger partial charge is 0.191 e. The Morgan fingerprint density at radius 1 is 1.35 bits per heavy atom. The zero-order valence-electron chi connectivity index (χ0n) is 15.9. The van der Waals surface area contributed by atoms with Gasteiger partial charge >= 0.3 is 0 Å². The van der Waals surface area contributed by atoms with Crippen molar-refractivity contribution < 1.29 is 4.74 Å². The molecule has 0 aromatic carbocycles. The van der Waals surface area contributed by atoms with Crippen LogP contribution in [0.25, 0.3) is 0 Å². The summed E-state index contributed by atoms with van der Waals surface area (Å²) in [6, 6.07) is 6.56. The van der Waals surface area contributed by atoms with Gasteiger partial charge in [0.15, 0.2) is 5.96 Å². The fourth-order valence-corrected chi connectivity index (χ4v) is 4.41. The van der Waals surface area contributed by atoms with Crippen LogP contribution in [-0.4, -0.2) is 67.9 Å². The summed E-state index contributed by atoms with van der Waals surface area (Å²) < 4.78 is 5.79. The van der Waals surface area contributed by atoms with Crippen molar-refractivity contribution in [1.29, 1.82) is 0 Å². The van der Waals surface area contributed by atoms with E-state index in [9.17, 15) is 0 Å². The number of ether oxygens (including phenoxy) is 1. The number of nitrogens with zero attached hydrogens (tertiary/aromatic N) is 3. The molecule has 1 aromatic rings. The molecular formula is C19H31N5OS. The van der Waals surface area contributed by atoms with E-state index in [1.165, 1.54) is 0 Å². The first-order valence-corrected chi connectivity index (χ1v) is 10.7. The standard InChI is InChI=1S/C19H31N5OS/c1-20-18(22-15-19(26-2)8-13-25-14-9-19)23-16-6-11-24(12-7-16)17-5-3-4-10-21-17/h3-5,10,16H,6-9,11-15H2,1-2H3,(H2,20,22,23). The van der Waals surface area contributed by atoms with Crippen LogP contribution in [0.1, 0.15) is 25.7 Å². The molecule has 6 nitrogen and oxygen atoms in total. The second kappa shape index (κ2) is 9.46. The lowest BCUT2D eigenvalue weighted by atomic mass is 9.99. The molecule has 2 N–H and O–H groups in total. The van der Waals surface area contributed by atoms with E-state index in [1.807, 2.05) is 31.1 Å². The van der Waals surface area contributed by atoms with E-state index >= 15 is 0 Å². The van der Waals surface area contributed by atoms with Gasteiger partial charge < -0.3 is 20.3 Å². The molecule has 1 aromatic heterocycles. The summed E-state index contributed by atoms with van der Waals surface area (Å²) in [7, 11) is 1.86. The van der Waals surface area contributed by atoms with Crippen molar-refractivity contribution in [1.82, 2.24) is 15.6 Å². The minimum absolute atomic E-state index is 0.262. The lowest BCUT2D eigenvalue weighted by Gasteiger charge is -2.37. The first-order chi connectivity index (χ1) is 12.7. The van der Waals surface area contributed by atoms with Gasteiger partial charge in [-0.1, -0.05) is 6.07 Å². The molecule has 0 atom stereocenters. The molecule has 0 aliphatic carbocycles. The van der Waals surface area contributed by atoms with Gasteiger partial charge in [-0.3, -0.25) is 4.99 Å². The first-order valence-electron chi connectivity index (χ1n) is 9.51. The number of hydrogen-bond acceptors (Lipinski definition) is 5. The number of anilines is 1. The van der Waals surface area contributed by atoms with Crippen LogP contribution in [0.3, 0.4) is 0 Å². The number of hydrogen-bond donors (Lipinski definition) is 2. The van der Waals surface area contributed by atoms with E-state index < -0.39 is 0 Å². The van der Waals surface area contributed by atoms with Crippen LogP contribution in [0.15, 0.2) is 29.4 Å². The minimum Gasteiger partial charge on any atom is -0.381 e. The van der Waals surface area contributed by atoms with Crippen LogP contribution in [0.2, 0.25) is 0 Å². The molecule has 7 heteroatoms. The fourth-order valence-electron chi connectivity index (χ4n) is 3.62. The van der Waals surface area contributed by atoms with Gasteiger partial charge in [-0.25, -0.2) is 4.98 Å². The molecule has 3 heterocycles. The Labute approximate surface area is 161 Å². The number of pyridine rings is 1. The van der Waals surface area contributed by atoms with Gasteiger partial charge in [0.1, 0.15) is 5.82 Å². The zero-order valence-corrected chi connectivity index (χ0v) is 16.7. The van der Waals surface area contributed by atoms with E-state index in [0.717, 1.165) is 70.3 Å². The Morgan fingerprint density at radius 3 is 2.73 bits per heavy atom. The molecule has 2 aliphatic rings. The quantitative estimate of drug-likeness (QED) is 0.605. The van der Waals surface area contributed by atoms with Crippen molar-refractivity contribution in [3.8, 4) is 0 Å². The van der Waals surface area contributed by atoms with Gasteiger partial charge in [0.2, 0.25) is 0 Å². The molecule has 2 fully saturated rings. The van der Waals surface area contributed by atoms with Crippen molar-refractivity contribution in [2.24, 2.45) is 4.99 Å². The molecule has 0 spiro atoms. The number of thioether (sulfide) groups is 1. The van der Waals surface area contributed by atoms with Crippen LogP contribution in [0, 0.1) is 0 Å². The molecule has 144 valence electrons. The highest BCUT2D eigenvalue weighted by Gasteiger charge is 2.32. The van der Waals surface area contributed by atoms with Crippen LogP contribution in [0.5, 0.6) is 0 Å². The Morgan fingerprint density at radius 2 is 2.12 bits per heavy atom. The summed E-state index contributed by atoms with van der Waals surface area (Å²) in [5, 5.41) is 7.17. The minimum atomic E-state index is 0.262. The molecule has 0 radical (unpaired) electrons. The third-order valence-electron chi connectivity index (χ3n) is 5.45. The predicted molar refractivity (Wildman–Crippen MR) is 110 cm³/mol. The number of aliphatic imine (C=N–C) groups is 1. The molecule has 0 amide bonds. The number of guanidine groups is 1. The predicted octanol–water partition coefficient (Wildman–Crippen LogP) is 2.13. The van der Waals surface area contributed by atoms with Gasteiger partial charge in [0.25, 0.3) is 0 Å². The average Bonchev–Trinajstić information content (AvgIpc) is 2.73. The molecule has 2 aliphatic heterocycles. The van der Waals surface area contributed by atoms with E-state index in [4.69, 9.17) is 4.74 Å². The Kier molecular flexibility index (Phi) is 7.02. The largest absolute Gasteiger partial charge is 0.381 e. The van der Waals surface area contributed by atoms with Crippen molar-refractivity contribution in [2.45, 2.75) is 36.5 Å². The van der Waals surface area contributed by atoms with Crippen LogP contribution >= 0.6 is 11.8 Å². The third-order valence-corrected chi connectivity index (χ3v) is 6.87. The van der Waals surface area contributed by atoms with E-state index in [2.05, 4.69) is 43.9 Å². The van der Waals surface area contributed by atoms with E-state index in [1.54, 1.807) is 0 Å². The molecular weight excluding hydrogens is 346 g/mol. The average molecular weight is 378 g/mol. The molecule has 0 unspecified atom stereocenters. The van der Waals surface area contributed by atoms with Crippen molar-refractivity contribution in [2.75, 3.05) is 51.1 Å². The maximum Gasteiger partial charge on any atom is 0.191 e. The molecule has 0 saturated carbocycles. The third kappa shape index (κ3) is 5.04. The molecule has 3 rings (SSSR count). The van der Waals surface area contributed by atoms with E-state index in [0.29, 0.717) is 6.04 Å². The fraction of sp³-hybridized carbons (Fsp3) is 0.684. The highest BCUT2D eigenvalue weighted by Crippen LogP contribution is 2.32. The SMILES string of the molecule is CN=C(NCC1(SC)CCOCC1)NC1CCN(c2ccccn2)CC1. The summed E-state index contributed by atoms with van der Waals surface area (Å²) in [4.78, 5) is 11.3. The molecule has 2 saturated heterocycles. The lowest BCUT2D eigenvalue weighted by molar-refractivity contribution is 0.0782. The Bertz CT molecular complexity index is 569. The second-order valence-corrected chi connectivity index (χ2v) is 8.29. The van der Waals surface area contributed by atoms with Gasteiger partial charge in [-0.05, 0) is 44.1 Å². The summed E-state index contributed by atoms with van der Waals surface area (Å²) >= 11 is 1.95. The molecule has 26 heavy (non-hydrogen) atoms. The first kappa shape index (κ1) is 19.3. The van der Waals surface area contributed by atoms with Crippen LogP contribution in [0.4, 0.5) is 5.82 Å². The summed E-state index contributed by atoms with van der Waals surface area (Å²) in [5.41, 5.74) is 0. The summed E-state index contributed by atoms with van der Waals surface area (Å²) in [5.74, 6) is 2.00. The highest BCUT2D eigenvalue weighted by molar-refractivity contribution is 8.00. The van der Waals surface area contributed by atoms with Gasteiger partial charge in [0.05, 0.1) is 0 Å². The van der Waals surface area contributed by atoms with Gasteiger partial charge in [0, 0.05) is 56.9 Å². The van der Waals surface area contributed by atoms with E-state index in [-0.39, 0.29) is 4.75 Å². The maximum atomic E-state index is 5.53. The summed E-state index contributed by atoms with van der Waals surface area (Å²) in [6.45, 7) is 4.71. The maximum absolute atomic E-state index is 5.53. The topological polar surface area (TPSA) is 61.8 Å². The van der Waals surface area contributed by atoms with Crippen LogP contribution in [-0.2, 0) is 4.74 Å².